The Hall–Kier alpha value is -1.91. The average molecular weight is 410 g/mol. The molecule has 4 atom stereocenters. The third kappa shape index (κ3) is 3.65. The summed E-state index contributed by atoms with van der Waals surface area (Å²) in [6.45, 7) is 3.50. The summed E-state index contributed by atoms with van der Waals surface area (Å²) >= 11 is 0. The standard InChI is InChI=1S/C25H35N3O2/c1-17-21(9-6-12-26-17)25(30)27-15-19-14-20(16-27)23(13-18-7-3-2-4-8-18)28-22(19)10-5-11-24(28)29/h6,9,12,18-20,22-23H,2-5,7-8,10-11,13-16H2,1H3/t19-,20+,22+,23+/m1/s1. The van der Waals surface area contributed by atoms with Crippen LogP contribution in [0.15, 0.2) is 18.3 Å². The highest BCUT2D eigenvalue weighted by molar-refractivity contribution is 5.95. The molecule has 1 aromatic rings. The summed E-state index contributed by atoms with van der Waals surface area (Å²) in [5, 5.41) is 0. The van der Waals surface area contributed by atoms with Gasteiger partial charge in [0.2, 0.25) is 5.91 Å². The number of hydrogen-bond donors (Lipinski definition) is 0. The molecule has 3 saturated heterocycles. The van der Waals surface area contributed by atoms with Crippen molar-refractivity contribution in [2.75, 3.05) is 13.1 Å². The molecule has 1 aromatic heterocycles. The Morgan fingerprint density at radius 2 is 1.90 bits per heavy atom. The number of rotatable bonds is 3. The van der Waals surface area contributed by atoms with Gasteiger partial charge in [0.05, 0.1) is 5.56 Å². The normalized spacial score (nSPS) is 32.1. The quantitative estimate of drug-likeness (QED) is 0.752. The van der Waals surface area contributed by atoms with Gasteiger partial charge in [-0.15, -0.1) is 0 Å². The fourth-order valence-corrected chi connectivity index (χ4v) is 6.89. The average Bonchev–Trinajstić information content (AvgIpc) is 2.77. The molecule has 0 spiro atoms. The minimum atomic E-state index is 0.127. The summed E-state index contributed by atoms with van der Waals surface area (Å²) in [7, 11) is 0. The van der Waals surface area contributed by atoms with Crippen LogP contribution in [0, 0.1) is 24.7 Å². The minimum Gasteiger partial charge on any atom is -0.338 e. The predicted octanol–water partition coefficient (Wildman–Crippen LogP) is 4.20. The Bertz CT molecular complexity index is 803. The summed E-state index contributed by atoms with van der Waals surface area (Å²) in [6.07, 6.45) is 13.6. The molecule has 5 heteroatoms. The lowest BCUT2D eigenvalue weighted by atomic mass is 9.69. The minimum absolute atomic E-state index is 0.127. The lowest BCUT2D eigenvalue weighted by molar-refractivity contribution is -0.153. The van der Waals surface area contributed by atoms with Gasteiger partial charge < -0.3 is 9.80 Å². The molecule has 3 aliphatic heterocycles. The van der Waals surface area contributed by atoms with Crippen LogP contribution in [-0.4, -0.2) is 51.8 Å². The van der Waals surface area contributed by atoms with E-state index in [2.05, 4.69) is 14.8 Å². The Morgan fingerprint density at radius 1 is 1.10 bits per heavy atom. The second-order valence-corrected chi connectivity index (χ2v) is 10.2. The first-order valence-corrected chi connectivity index (χ1v) is 12.1. The van der Waals surface area contributed by atoms with Crippen LogP contribution in [0.2, 0.25) is 0 Å². The zero-order valence-corrected chi connectivity index (χ0v) is 18.3. The number of likely N-dealkylation sites (tertiary alicyclic amines) is 1. The number of amides is 2. The monoisotopic (exact) mass is 409 g/mol. The Kier molecular flexibility index (Phi) is 5.55. The first-order chi connectivity index (χ1) is 14.6. The van der Waals surface area contributed by atoms with E-state index in [1.54, 1.807) is 6.20 Å². The molecule has 5 nitrogen and oxygen atoms in total. The van der Waals surface area contributed by atoms with Gasteiger partial charge in [0.1, 0.15) is 0 Å². The number of hydrogen-bond acceptors (Lipinski definition) is 3. The van der Waals surface area contributed by atoms with Gasteiger partial charge >= 0.3 is 0 Å². The number of nitrogens with zero attached hydrogens (tertiary/aromatic N) is 3. The predicted molar refractivity (Wildman–Crippen MR) is 116 cm³/mol. The molecule has 4 fully saturated rings. The molecule has 30 heavy (non-hydrogen) atoms. The molecular weight excluding hydrogens is 374 g/mol. The van der Waals surface area contributed by atoms with E-state index >= 15 is 0 Å². The maximum absolute atomic E-state index is 13.4. The first kappa shape index (κ1) is 20.0. The van der Waals surface area contributed by atoms with E-state index in [9.17, 15) is 9.59 Å². The van der Waals surface area contributed by atoms with Gasteiger partial charge in [-0.1, -0.05) is 32.1 Å². The van der Waals surface area contributed by atoms with E-state index in [4.69, 9.17) is 0 Å². The number of aryl methyl sites for hydroxylation is 1. The van der Waals surface area contributed by atoms with E-state index in [-0.39, 0.29) is 5.91 Å². The third-order valence-corrected chi connectivity index (χ3v) is 8.32. The molecule has 2 amide bonds. The molecule has 0 aromatic carbocycles. The van der Waals surface area contributed by atoms with Gasteiger partial charge in [0.15, 0.2) is 0 Å². The Labute approximate surface area is 180 Å². The highest BCUT2D eigenvalue weighted by Crippen LogP contribution is 2.44. The largest absolute Gasteiger partial charge is 0.338 e. The van der Waals surface area contributed by atoms with Crippen LogP contribution in [0.1, 0.15) is 80.3 Å². The second kappa shape index (κ2) is 8.32. The fourth-order valence-electron chi connectivity index (χ4n) is 6.89. The SMILES string of the molecule is Cc1ncccc1C(=O)N1C[C@H]2C[C@@H](C1)[C@H](CC1CCCCC1)N1C(=O)CCC[C@@H]21. The number of fused-ring (bicyclic) bond motifs is 4. The van der Waals surface area contributed by atoms with Crippen molar-refractivity contribution in [3.05, 3.63) is 29.6 Å². The molecule has 1 saturated carbocycles. The van der Waals surface area contributed by atoms with Crippen molar-refractivity contribution in [3.8, 4) is 0 Å². The van der Waals surface area contributed by atoms with E-state index in [0.717, 1.165) is 49.5 Å². The van der Waals surface area contributed by atoms with E-state index in [1.807, 2.05) is 19.1 Å². The lowest BCUT2D eigenvalue weighted by Crippen LogP contribution is -2.65. The molecule has 162 valence electrons. The lowest BCUT2D eigenvalue weighted by Gasteiger charge is -2.57. The molecule has 0 radical (unpaired) electrons. The van der Waals surface area contributed by atoms with Gasteiger partial charge in [-0.2, -0.15) is 0 Å². The molecule has 0 unspecified atom stereocenters. The number of piperidine rings is 3. The van der Waals surface area contributed by atoms with Gasteiger partial charge in [0.25, 0.3) is 5.91 Å². The van der Waals surface area contributed by atoms with E-state index < -0.39 is 0 Å². The van der Waals surface area contributed by atoms with E-state index in [0.29, 0.717) is 36.2 Å². The zero-order valence-electron chi connectivity index (χ0n) is 18.3. The van der Waals surface area contributed by atoms with Crippen molar-refractivity contribution in [2.45, 2.75) is 83.2 Å². The maximum atomic E-state index is 13.4. The molecule has 1 aliphatic carbocycles. The molecule has 2 bridgehead atoms. The van der Waals surface area contributed by atoms with Crippen LogP contribution in [0.25, 0.3) is 0 Å². The maximum Gasteiger partial charge on any atom is 0.255 e. The van der Waals surface area contributed by atoms with Crippen molar-refractivity contribution in [1.29, 1.82) is 0 Å². The molecule has 4 aliphatic rings. The van der Waals surface area contributed by atoms with Crippen LogP contribution in [-0.2, 0) is 4.79 Å². The van der Waals surface area contributed by atoms with Crippen molar-refractivity contribution in [2.24, 2.45) is 17.8 Å². The molecule has 4 heterocycles. The summed E-state index contributed by atoms with van der Waals surface area (Å²) in [5.41, 5.74) is 1.55. The molecular formula is C25H35N3O2. The van der Waals surface area contributed by atoms with E-state index in [1.165, 1.54) is 38.5 Å². The second-order valence-electron chi connectivity index (χ2n) is 10.2. The number of carbonyl (C=O) groups is 2. The summed E-state index contributed by atoms with van der Waals surface area (Å²) in [4.78, 5) is 35.2. The zero-order chi connectivity index (χ0) is 20.7. The topological polar surface area (TPSA) is 53.5 Å². The molecule has 5 rings (SSSR count). The van der Waals surface area contributed by atoms with Crippen molar-refractivity contribution in [3.63, 3.8) is 0 Å². The van der Waals surface area contributed by atoms with Crippen molar-refractivity contribution >= 4 is 11.8 Å². The van der Waals surface area contributed by atoms with Crippen molar-refractivity contribution < 1.29 is 9.59 Å². The first-order valence-electron chi connectivity index (χ1n) is 12.1. The van der Waals surface area contributed by atoms with Gasteiger partial charge in [0, 0.05) is 43.5 Å². The van der Waals surface area contributed by atoms with Crippen LogP contribution < -0.4 is 0 Å². The Morgan fingerprint density at radius 3 is 2.70 bits per heavy atom. The third-order valence-electron chi connectivity index (χ3n) is 8.32. The summed E-state index contributed by atoms with van der Waals surface area (Å²) in [5.74, 6) is 2.11. The fraction of sp³-hybridized carbons (Fsp3) is 0.720. The summed E-state index contributed by atoms with van der Waals surface area (Å²) < 4.78 is 0. The van der Waals surface area contributed by atoms with Gasteiger partial charge in [-0.05, 0) is 62.5 Å². The highest BCUT2D eigenvalue weighted by Gasteiger charge is 2.50. The molecule has 0 N–H and O–H groups in total. The number of carbonyl (C=O) groups excluding carboxylic acids is 2. The Balaban J connectivity index is 1.40. The van der Waals surface area contributed by atoms with Gasteiger partial charge in [-0.25, -0.2) is 0 Å². The van der Waals surface area contributed by atoms with Crippen LogP contribution >= 0.6 is 0 Å². The summed E-state index contributed by atoms with van der Waals surface area (Å²) in [6, 6.07) is 4.43. The highest BCUT2D eigenvalue weighted by atomic mass is 16.2. The number of aromatic nitrogens is 1. The van der Waals surface area contributed by atoms with Gasteiger partial charge in [-0.3, -0.25) is 14.6 Å². The van der Waals surface area contributed by atoms with Crippen LogP contribution in [0.4, 0.5) is 0 Å². The number of pyridine rings is 1. The van der Waals surface area contributed by atoms with Crippen LogP contribution in [0.3, 0.4) is 0 Å². The smallest absolute Gasteiger partial charge is 0.255 e. The van der Waals surface area contributed by atoms with Crippen LogP contribution in [0.5, 0.6) is 0 Å². The van der Waals surface area contributed by atoms with Crippen molar-refractivity contribution in [1.82, 2.24) is 14.8 Å².